The molecule has 0 aromatic heterocycles. The SMILES string of the molecule is C=CN1CN(C)C2CC21. The fourth-order valence-electron chi connectivity index (χ4n) is 1.66. The van der Waals surface area contributed by atoms with E-state index in [0.29, 0.717) is 0 Å². The van der Waals surface area contributed by atoms with E-state index in [0.717, 1.165) is 18.8 Å². The van der Waals surface area contributed by atoms with Crippen molar-refractivity contribution in [3.05, 3.63) is 12.8 Å². The van der Waals surface area contributed by atoms with E-state index in [1.807, 2.05) is 6.20 Å². The Morgan fingerprint density at radius 1 is 1.56 bits per heavy atom. The van der Waals surface area contributed by atoms with Gasteiger partial charge in [0.2, 0.25) is 0 Å². The first kappa shape index (κ1) is 5.30. The summed E-state index contributed by atoms with van der Waals surface area (Å²) in [7, 11) is 2.17. The molecule has 2 heteroatoms. The van der Waals surface area contributed by atoms with Gasteiger partial charge in [0.05, 0.1) is 6.67 Å². The predicted molar refractivity (Wildman–Crippen MR) is 36.9 cm³/mol. The lowest BCUT2D eigenvalue weighted by Gasteiger charge is -2.16. The minimum atomic E-state index is 0.812. The smallest absolute Gasteiger partial charge is 0.0705 e. The van der Waals surface area contributed by atoms with Crippen LogP contribution in [0.5, 0.6) is 0 Å². The molecule has 2 aliphatic rings. The largest absolute Gasteiger partial charge is 0.361 e. The summed E-state index contributed by atoms with van der Waals surface area (Å²) >= 11 is 0. The molecule has 1 aliphatic carbocycles. The highest BCUT2D eigenvalue weighted by Gasteiger charge is 2.49. The van der Waals surface area contributed by atoms with Gasteiger partial charge in [-0.3, -0.25) is 4.90 Å². The molecule has 0 aromatic carbocycles. The topological polar surface area (TPSA) is 6.48 Å². The highest BCUT2D eigenvalue weighted by Crippen LogP contribution is 2.38. The van der Waals surface area contributed by atoms with Crippen LogP contribution in [0.3, 0.4) is 0 Å². The molecule has 1 saturated carbocycles. The lowest BCUT2D eigenvalue weighted by Crippen LogP contribution is -2.23. The predicted octanol–water partition coefficient (Wildman–Crippen LogP) is 0.476. The van der Waals surface area contributed by atoms with Crippen LogP contribution in [0.25, 0.3) is 0 Å². The van der Waals surface area contributed by atoms with Crippen LogP contribution in [0, 0.1) is 0 Å². The van der Waals surface area contributed by atoms with Crippen LogP contribution >= 0.6 is 0 Å². The van der Waals surface area contributed by atoms with Gasteiger partial charge >= 0.3 is 0 Å². The average molecular weight is 124 g/mol. The quantitative estimate of drug-likeness (QED) is 0.501. The Bertz CT molecular complexity index is 144. The first-order chi connectivity index (χ1) is 4.33. The molecule has 9 heavy (non-hydrogen) atoms. The van der Waals surface area contributed by atoms with E-state index in [-0.39, 0.29) is 0 Å². The number of fused-ring (bicyclic) bond motifs is 1. The minimum absolute atomic E-state index is 0.812. The van der Waals surface area contributed by atoms with Gasteiger partial charge in [0.15, 0.2) is 0 Å². The molecule has 2 rings (SSSR count). The van der Waals surface area contributed by atoms with Gasteiger partial charge in [0.1, 0.15) is 0 Å². The summed E-state index contributed by atoms with van der Waals surface area (Å²) in [5.41, 5.74) is 0. The molecule has 0 bridgehead atoms. The molecule has 0 aromatic rings. The number of hydrogen-bond acceptors (Lipinski definition) is 2. The number of rotatable bonds is 1. The second-order valence-electron chi connectivity index (χ2n) is 2.97. The van der Waals surface area contributed by atoms with Crippen molar-refractivity contribution in [3.8, 4) is 0 Å². The Morgan fingerprint density at radius 2 is 2.33 bits per heavy atom. The molecule has 2 atom stereocenters. The zero-order chi connectivity index (χ0) is 6.43. The van der Waals surface area contributed by atoms with Gasteiger partial charge in [-0.25, -0.2) is 0 Å². The van der Waals surface area contributed by atoms with Gasteiger partial charge in [-0.05, 0) is 19.7 Å². The first-order valence-corrected chi connectivity index (χ1v) is 3.41. The second kappa shape index (κ2) is 1.51. The fraction of sp³-hybridized carbons (Fsp3) is 0.714. The molecule has 0 N–H and O–H groups in total. The lowest BCUT2D eigenvalue weighted by molar-refractivity contribution is 0.275. The molecule has 1 aliphatic heterocycles. The fourth-order valence-corrected chi connectivity index (χ4v) is 1.66. The summed E-state index contributed by atoms with van der Waals surface area (Å²) in [6.07, 6.45) is 3.30. The Morgan fingerprint density at radius 3 is 2.56 bits per heavy atom. The molecule has 50 valence electrons. The Hall–Kier alpha value is -0.500. The zero-order valence-electron chi connectivity index (χ0n) is 5.75. The molecule has 0 spiro atoms. The van der Waals surface area contributed by atoms with Gasteiger partial charge < -0.3 is 4.90 Å². The standard InChI is InChI=1S/C7H12N2/c1-3-9-5-8(2)6-4-7(6)9/h3,6-7H,1,4-5H2,2H3. The molecule has 2 nitrogen and oxygen atoms in total. The van der Waals surface area contributed by atoms with Crippen molar-refractivity contribution in [1.29, 1.82) is 0 Å². The summed E-state index contributed by atoms with van der Waals surface area (Å²) in [6.45, 7) is 4.84. The minimum Gasteiger partial charge on any atom is -0.361 e. The van der Waals surface area contributed by atoms with Gasteiger partial charge in [-0.2, -0.15) is 0 Å². The Labute approximate surface area is 55.7 Å². The summed E-state index contributed by atoms with van der Waals surface area (Å²) in [4.78, 5) is 4.69. The lowest BCUT2D eigenvalue weighted by atomic mass is 10.6. The number of likely N-dealkylation sites (N-methyl/N-ethyl adjacent to an activating group) is 1. The van der Waals surface area contributed by atoms with E-state index >= 15 is 0 Å². The third-order valence-corrected chi connectivity index (χ3v) is 2.34. The third kappa shape index (κ3) is 0.597. The second-order valence-corrected chi connectivity index (χ2v) is 2.97. The molecule has 0 radical (unpaired) electrons. The van der Waals surface area contributed by atoms with E-state index in [4.69, 9.17) is 0 Å². The van der Waals surface area contributed by atoms with E-state index in [1.165, 1.54) is 6.42 Å². The average Bonchev–Trinajstić information content (AvgIpc) is 2.56. The van der Waals surface area contributed by atoms with Gasteiger partial charge in [-0.15, -0.1) is 0 Å². The number of hydrogen-bond donors (Lipinski definition) is 0. The van der Waals surface area contributed by atoms with Crippen molar-refractivity contribution in [2.24, 2.45) is 0 Å². The van der Waals surface area contributed by atoms with Crippen molar-refractivity contribution in [3.63, 3.8) is 0 Å². The maximum absolute atomic E-state index is 3.75. The molecule has 1 heterocycles. The first-order valence-electron chi connectivity index (χ1n) is 3.41. The zero-order valence-corrected chi connectivity index (χ0v) is 5.75. The summed E-state index contributed by atoms with van der Waals surface area (Å²) in [5.74, 6) is 0. The normalized spacial score (nSPS) is 40.8. The Balaban J connectivity index is 2.08. The van der Waals surface area contributed by atoms with E-state index in [1.54, 1.807) is 0 Å². The van der Waals surface area contributed by atoms with Crippen LogP contribution in [0.4, 0.5) is 0 Å². The van der Waals surface area contributed by atoms with Crippen molar-refractivity contribution < 1.29 is 0 Å². The monoisotopic (exact) mass is 124 g/mol. The van der Waals surface area contributed by atoms with E-state index in [9.17, 15) is 0 Å². The third-order valence-electron chi connectivity index (χ3n) is 2.34. The molecule has 2 unspecified atom stereocenters. The molecule has 0 amide bonds. The van der Waals surface area contributed by atoms with Crippen LogP contribution in [-0.2, 0) is 0 Å². The van der Waals surface area contributed by atoms with Gasteiger partial charge in [0, 0.05) is 12.1 Å². The van der Waals surface area contributed by atoms with Crippen LogP contribution in [-0.4, -0.2) is 35.6 Å². The summed E-state index contributed by atoms with van der Waals surface area (Å²) < 4.78 is 0. The molecule has 2 fully saturated rings. The summed E-state index contributed by atoms with van der Waals surface area (Å²) in [5, 5.41) is 0. The van der Waals surface area contributed by atoms with Crippen LogP contribution < -0.4 is 0 Å². The van der Waals surface area contributed by atoms with Gasteiger partial charge in [-0.1, -0.05) is 6.58 Å². The van der Waals surface area contributed by atoms with Crippen LogP contribution in [0.2, 0.25) is 0 Å². The van der Waals surface area contributed by atoms with Gasteiger partial charge in [0.25, 0.3) is 0 Å². The van der Waals surface area contributed by atoms with Crippen molar-refractivity contribution in [1.82, 2.24) is 9.80 Å². The Kier molecular flexibility index (Phi) is 0.887. The van der Waals surface area contributed by atoms with Crippen LogP contribution in [0.1, 0.15) is 6.42 Å². The molecular formula is C7H12N2. The highest BCUT2D eigenvalue weighted by atomic mass is 15.4. The van der Waals surface area contributed by atoms with Crippen LogP contribution in [0.15, 0.2) is 12.8 Å². The van der Waals surface area contributed by atoms with Crippen molar-refractivity contribution >= 4 is 0 Å². The maximum Gasteiger partial charge on any atom is 0.0705 e. The van der Waals surface area contributed by atoms with E-state index < -0.39 is 0 Å². The molecular weight excluding hydrogens is 112 g/mol. The van der Waals surface area contributed by atoms with Crippen molar-refractivity contribution in [2.75, 3.05) is 13.7 Å². The number of nitrogens with zero attached hydrogens (tertiary/aromatic N) is 2. The van der Waals surface area contributed by atoms with E-state index in [2.05, 4.69) is 23.4 Å². The van der Waals surface area contributed by atoms with Crippen molar-refractivity contribution in [2.45, 2.75) is 18.5 Å². The highest BCUT2D eigenvalue weighted by molar-refractivity contribution is 5.08. The summed E-state index contributed by atoms with van der Waals surface area (Å²) in [6, 6.07) is 1.66. The maximum atomic E-state index is 3.75. The molecule has 1 saturated heterocycles.